The van der Waals surface area contributed by atoms with Gasteiger partial charge < -0.3 is 20.3 Å². The Labute approximate surface area is 128 Å². The summed E-state index contributed by atoms with van der Waals surface area (Å²) in [5.41, 5.74) is 7.09. The number of hydrogen-bond donors (Lipinski definition) is 2. The van der Waals surface area contributed by atoms with Gasteiger partial charge >= 0.3 is 0 Å². The van der Waals surface area contributed by atoms with E-state index in [9.17, 15) is 4.79 Å². The maximum atomic E-state index is 12.2. The number of amides is 1. The number of hydrogen-bond acceptors (Lipinski definition) is 6. The quantitative estimate of drug-likeness (QED) is 0.628. The fraction of sp³-hybridized carbons (Fsp3) is 0.467. The van der Waals surface area contributed by atoms with Crippen LogP contribution in [0.2, 0.25) is 0 Å². The largest absolute Gasteiger partial charge is 0.399 e. The Morgan fingerprint density at radius 1 is 1.36 bits per heavy atom. The van der Waals surface area contributed by atoms with Crippen molar-refractivity contribution < 1.29 is 14.1 Å². The zero-order chi connectivity index (χ0) is 15.4. The number of ether oxygens (including phenoxy) is 1. The van der Waals surface area contributed by atoms with Crippen LogP contribution in [0.4, 0.5) is 5.69 Å². The fourth-order valence-electron chi connectivity index (χ4n) is 2.53. The third-order valence-electron chi connectivity index (χ3n) is 3.75. The highest BCUT2D eigenvalue weighted by molar-refractivity contribution is 6.04. The number of fused-ring (bicyclic) bond motifs is 1. The smallest absolute Gasteiger partial charge is 0.274 e. The molecule has 1 aromatic heterocycles. The lowest BCUT2D eigenvalue weighted by atomic mass is 10.2. The minimum Gasteiger partial charge on any atom is -0.399 e. The van der Waals surface area contributed by atoms with Gasteiger partial charge in [-0.3, -0.25) is 9.69 Å². The van der Waals surface area contributed by atoms with Gasteiger partial charge in [-0.15, -0.1) is 0 Å². The van der Waals surface area contributed by atoms with Gasteiger partial charge in [-0.05, 0) is 25.1 Å². The molecule has 2 aromatic rings. The molecular formula is C15H20N4O3. The number of nitrogens with two attached hydrogens (primary N) is 1. The number of carbonyl (C=O) groups is 1. The van der Waals surface area contributed by atoms with Crippen molar-refractivity contribution >= 4 is 22.6 Å². The molecule has 7 heteroatoms. The molecular weight excluding hydrogens is 284 g/mol. The molecule has 3 rings (SSSR count). The van der Waals surface area contributed by atoms with E-state index in [1.54, 1.807) is 18.2 Å². The summed E-state index contributed by atoms with van der Waals surface area (Å²) >= 11 is 0. The van der Waals surface area contributed by atoms with Crippen LogP contribution in [0.25, 0.3) is 11.0 Å². The van der Waals surface area contributed by atoms with Crippen LogP contribution in [0.1, 0.15) is 16.9 Å². The molecule has 0 aliphatic carbocycles. The number of morpholine rings is 1. The summed E-state index contributed by atoms with van der Waals surface area (Å²) in [6, 6.07) is 5.15. The number of nitrogens with zero attached hydrogens (tertiary/aromatic N) is 2. The lowest BCUT2D eigenvalue weighted by molar-refractivity contribution is 0.0374. The first-order valence-electron chi connectivity index (χ1n) is 7.47. The highest BCUT2D eigenvalue weighted by Gasteiger charge is 2.16. The van der Waals surface area contributed by atoms with Crippen LogP contribution in [0.15, 0.2) is 22.7 Å². The molecule has 0 spiro atoms. The second-order valence-corrected chi connectivity index (χ2v) is 5.35. The van der Waals surface area contributed by atoms with Crippen molar-refractivity contribution in [3.05, 3.63) is 23.9 Å². The van der Waals surface area contributed by atoms with Gasteiger partial charge in [-0.2, -0.15) is 0 Å². The monoisotopic (exact) mass is 304 g/mol. The fourth-order valence-corrected chi connectivity index (χ4v) is 2.53. The highest BCUT2D eigenvalue weighted by atomic mass is 16.5. The van der Waals surface area contributed by atoms with Crippen molar-refractivity contribution in [2.75, 3.05) is 45.1 Å². The van der Waals surface area contributed by atoms with Gasteiger partial charge in [-0.1, -0.05) is 5.16 Å². The third-order valence-corrected chi connectivity index (χ3v) is 3.75. The van der Waals surface area contributed by atoms with Gasteiger partial charge in [0.2, 0.25) is 0 Å². The van der Waals surface area contributed by atoms with Gasteiger partial charge in [0.15, 0.2) is 11.3 Å². The molecule has 2 heterocycles. The van der Waals surface area contributed by atoms with Gasteiger partial charge in [0, 0.05) is 31.4 Å². The zero-order valence-electron chi connectivity index (χ0n) is 12.4. The van der Waals surface area contributed by atoms with E-state index < -0.39 is 0 Å². The molecule has 1 aliphatic heterocycles. The minimum absolute atomic E-state index is 0.217. The number of nitrogens with one attached hydrogen (secondary N) is 1. The first-order valence-corrected chi connectivity index (χ1v) is 7.47. The molecule has 1 aromatic carbocycles. The van der Waals surface area contributed by atoms with Crippen molar-refractivity contribution in [1.82, 2.24) is 15.4 Å². The van der Waals surface area contributed by atoms with E-state index in [1.807, 2.05) is 0 Å². The molecule has 1 fully saturated rings. The van der Waals surface area contributed by atoms with Gasteiger partial charge in [-0.25, -0.2) is 0 Å². The third kappa shape index (κ3) is 3.37. The molecule has 0 bridgehead atoms. The average molecular weight is 304 g/mol. The van der Waals surface area contributed by atoms with Crippen LogP contribution in [0.5, 0.6) is 0 Å². The van der Waals surface area contributed by atoms with E-state index >= 15 is 0 Å². The Bertz CT molecular complexity index is 649. The lowest BCUT2D eigenvalue weighted by Gasteiger charge is -2.26. The summed E-state index contributed by atoms with van der Waals surface area (Å²) in [5, 5.41) is 7.40. The SMILES string of the molecule is Nc1ccc2c(C(=O)NCCCN3CCOCC3)noc2c1. The molecule has 7 nitrogen and oxygen atoms in total. The molecule has 118 valence electrons. The Hall–Kier alpha value is -2.12. The van der Waals surface area contributed by atoms with Crippen LogP contribution in [-0.4, -0.2) is 55.4 Å². The summed E-state index contributed by atoms with van der Waals surface area (Å²) in [7, 11) is 0. The van der Waals surface area contributed by atoms with Crippen LogP contribution >= 0.6 is 0 Å². The average Bonchev–Trinajstić information content (AvgIpc) is 2.95. The summed E-state index contributed by atoms with van der Waals surface area (Å²) in [4.78, 5) is 14.5. The van der Waals surface area contributed by atoms with Crippen LogP contribution in [0, 0.1) is 0 Å². The number of carbonyl (C=O) groups excluding carboxylic acids is 1. The maximum absolute atomic E-state index is 12.2. The number of aromatic nitrogens is 1. The van der Waals surface area contributed by atoms with Crippen molar-refractivity contribution in [2.24, 2.45) is 0 Å². The molecule has 0 saturated carbocycles. The summed E-state index contributed by atoms with van der Waals surface area (Å²) in [6.45, 7) is 5.08. The second-order valence-electron chi connectivity index (χ2n) is 5.35. The van der Waals surface area contributed by atoms with Crippen molar-refractivity contribution in [3.63, 3.8) is 0 Å². The zero-order valence-corrected chi connectivity index (χ0v) is 12.4. The summed E-state index contributed by atoms with van der Waals surface area (Å²) < 4.78 is 10.4. The van der Waals surface area contributed by atoms with Crippen molar-refractivity contribution in [3.8, 4) is 0 Å². The number of anilines is 1. The molecule has 1 amide bonds. The second kappa shape index (κ2) is 6.76. The molecule has 1 aliphatic rings. The lowest BCUT2D eigenvalue weighted by Crippen LogP contribution is -2.38. The first-order chi connectivity index (χ1) is 10.7. The number of rotatable bonds is 5. The van der Waals surface area contributed by atoms with Crippen LogP contribution in [0.3, 0.4) is 0 Å². The standard InChI is InChI=1S/C15H20N4O3/c16-11-2-3-12-13(10-11)22-18-14(12)15(20)17-4-1-5-19-6-8-21-9-7-19/h2-3,10H,1,4-9,16H2,(H,17,20). The van der Waals surface area contributed by atoms with E-state index in [0.717, 1.165) is 39.3 Å². The van der Waals surface area contributed by atoms with Crippen molar-refractivity contribution in [1.29, 1.82) is 0 Å². The van der Waals surface area contributed by atoms with Crippen LogP contribution < -0.4 is 11.1 Å². The molecule has 0 atom stereocenters. The van der Waals surface area contributed by atoms with E-state index in [1.165, 1.54) is 0 Å². The van der Waals surface area contributed by atoms with Gasteiger partial charge in [0.1, 0.15) is 0 Å². The summed E-state index contributed by atoms with van der Waals surface area (Å²) in [5.74, 6) is -0.217. The van der Waals surface area contributed by atoms with E-state index in [0.29, 0.717) is 28.9 Å². The predicted molar refractivity (Wildman–Crippen MR) is 82.6 cm³/mol. The molecule has 0 unspecified atom stereocenters. The summed E-state index contributed by atoms with van der Waals surface area (Å²) in [6.07, 6.45) is 0.897. The van der Waals surface area contributed by atoms with Gasteiger partial charge in [0.05, 0.1) is 18.6 Å². The Morgan fingerprint density at radius 3 is 3.00 bits per heavy atom. The normalized spacial score (nSPS) is 16.0. The maximum Gasteiger partial charge on any atom is 0.274 e. The Balaban J connectivity index is 1.50. The van der Waals surface area contributed by atoms with E-state index in [2.05, 4.69) is 15.4 Å². The van der Waals surface area contributed by atoms with Crippen LogP contribution in [-0.2, 0) is 4.74 Å². The number of benzene rings is 1. The van der Waals surface area contributed by atoms with E-state index in [4.69, 9.17) is 15.0 Å². The Kier molecular flexibility index (Phi) is 4.55. The first kappa shape index (κ1) is 14.8. The predicted octanol–water partition coefficient (Wildman–Crippen LogP) is 0.862. The van der Waals surface area contributed by atoms with Gasteiger partial charge in [0.25, 0.3) is 5.91 Å². The molecule has 0 radical (unpaired) electrons. The topological polar surface area (TPSA) is 93.6 Å². The molecule has 3 N–H and O–H groups in total. The molecule has 1 saturated heterocycles. The van der Waals surface area contributed by atoms with E-state index in [-0.39, 0.29) is 5.91 Å². The minimum atomic E-state index is -0.217. The van der Waals surface area contributed by atoms with Crippen molar-refractivity contribution in [2.45, 2.75) is 6.42 Å². The Morgan fingerprint density at radius 2 is 2.18 bits per heavy atom. The number of nitrogen functional groups attached to an aromatic ring is 1. The molecule has 22 heavy (non-hydrogen) atoms. The highest BCUT2D eigenvalue weighted by Crippen LogP contribution is 2.20.